The Kier molecular flexibility index (Phi) is 1.73. The minimum atomic E-state index is -4.84. The Morgan fingerprint density at radius 1 is 1.42 bits per heavy atom. The average Bonchev–Trinajstić information content (AvgIpc) is 2.05. The molecule has 7 heteroatoms. The van der Waals surface area contributed by atoms with Gasteiger partial charge < -0.3 is 5.11 Å². The summed E-state index contributed by atoms with van der Waals surface area (Å²) in [6.07, 6.45) is -4.84. The Labute approximate surface area is 64.2 Å². The molecule has 0 unspecified atom stereocenters. The molecule has 1 aromatic heterocycles. The zero-order valence-electron chi connectivity index (χ0n) is 5.85. The molecule has 0 atom stereocenters. The van der Waals surface area contributed by atoms with Crippen LogP contribution in [0.5, 0.6) is 5.88 Å². The van der Waals surface area contributed by atoms with Gasteiger partial charge in [0.2, 0.25) is 5.82 Å². The van der Waals surface area contributed by atoms with E-state index in [0.717, 1.165) is 7.05 Å². The number of hydrogen-bond acceptors (Lipinski definition) is 2. The van der Waals surface area contributed by atoms with Crippen LogP contribution in [-0.2, 0) is 13.2 Å². The van der Waals surface area contributed by atoms with Gasteiger partial charge in [0.25, 0.3) is 5.88 Å². The quantitative estimate of drug-likeness (QED) is 0.617. The van der Waals surface area contributed by atoms with E-state index in [1.54, 1.807) is 0 Å². The average molecular weight is 184 g/mol. The molecule has 0 aliphatic heterocycles. The standard InChI is InChI=1S/C5H4F4N2O/c1-11-3(5(7,8)9)2(6)4(12)10-11/h1H3,(H,10,12). The first-order valence-corrected chi connectivity index (χ1v) is 2.82. The maximum absolute atomic E-state index is 12.5. The molecular weight excluding hydrogens is 180 g/mol. The largest absolute Gasteiger partial charge is 0.490 e. The number of alkyl halides is 3. The highest BCUT2D eigenvalue weighted by Crippen LogP contribution is 2.33. The van der Waals surface area contributed by atoms with E-state index >= 15 is 0 Å². The Hall–Kier alpha value is -1.27. The highest BCUT2D eigenvalue weighted by atomic mass is 19.4. The molecule has 0 aliphatic carbocycles. The van der Waals surface area contributed by atoms with Crippen LogP contribution in [0.2, 0.25) is 0 Å². The third-order valence-corrected chi connectivity index (χ3v) is 1.24. The van der Waals surface area contributed by atoms with Crippen LogP contribution in [0.25, 0.3) is 0 Å². The van der Waals surface area contributed by atoms with Crippen LogP contribution in [0.4, 0.5) is 17.6 Å². The van der Waals surface area contributed by atoms with Gasteiger partial charge in [-0.1, -0.05) is 0 Å². The molecule has 68 valence electrons. The van der Waals surface area contributed by atoms with Crippen LogP contribution in [0.15, 0.2) is 0 Å². The molecule has 3 nitrogen and oxygen atoms in total. The summed E-state index contributed by atoms with van der Waals surface area (Å²) in [6, 6.07) is 0. The van der Waals surface area contributed by atoms with Crippen molar-refractivity contribution < 1.29 is 22.7 Å². The third-order valence-electron chi connectivity index (χ3n) is 1.24. The Morgan fingerprint density at radius 3 is 2.08 bits per heavy atom. The van der Waals surface area contributed by atoms with Crippen molar-refractivity contribution in [1.82, 2.24) is 9.78 Å². The minimum Gasteiger partial charge on any atom is -0.490 e. The summed E-state index contributed by atoms with van der Waals surface area (Å²) < 4.78 is 48.4. The van der Waals surface area contributed by atoms with Gasteiger partial charge in [-0.15, -0.1) is 5.10 Å². The van der Waals surface area contributed by atoms with Crippen molar-refractivity contribution in [2.24, 2.45) is 7.05 Å². The van der Waals surface area contributed by atoms with E-state index in [9.17, 15) is 17.6 Å². The van der Waals surface area contributed by atoms with Gasteiger partial charge in [-0.25, -0.2) is 0 Å². The number of halogens is 4. The highest BCUT2D eigenvalue weighted by Gasteiger charge is 2.40. The van der Waals surface area contributed by atoms with Crippen molar-refractivity contribution in [2.45, 2.75) is 6.18 Å². The highest BCUT2D eigenvalue weighted by molar-refractivity contribution is 5.19. The van der Waals surface area contributed by atoms with Gasteiger partial charge in [-0.3, -0.25) is 4.68 Å². The van der Waals surface area contributed by atoms with Crippen molar-refractivity contribution in [3.8, 4) is 5.88 Å². The first-order valence-electron chi connectivity index (χ1n) is 2.82. The minimum absolute atomic E-state index is 0.241. The second kappa shape index (κ2) is 2.36. The number of rotatable bonds is 0. The Morgan fingerprint density at radius 2 is 1.92 bits per heavy atom. The van der Waals surface area contributed by atoms with E-state index in [-0.39, 0.29) is 4.68 Å². The summed E-state index contributed by atoms with van der Waals surface area (Å²) in [6.45, 7) is 0. The number of hydrogen-bond donors (Lipinski definition) is 1. The van der Waals surface area contributed by atoms with Crippen LogP contribution in [0.1, 0.15) is 5.69 Å². The lowest BCUT2D eigenvalue weighted by Gasteiger charge is -2.04. The van der Waals surface area contributed by atoms with Gasteiger partial charge in [0, 0.05) is 7.05 Å². The Bertz CT molecular complexity index is 303. The maximum atomic E-state index is 12.5. The molecule has 1 aromatic rings. The predicted molar refractivity (Wildman–Crippen MR) is 29.8 cm³/mol. The molecule has 0 aliphatic rings. The normalized spacial score (nSPS) is 12.1. The van der Waals surface area contributed by atoms with E-state index in [0.29, 0.717) is 0 Å². The summed E-state index contributed by atoms with van der Waals surface area (Å²) in [4.78, 5) is 0. The van der Waals surface area contributed by atoms with Crippen molar-refractivity contribution in [3.63, 3.8) is 0 Å². The van der Waals surface area contributed by atoms with Crippen LogP contribution >= 0.6 is 0 Å². The summed E-state index contributed by atoms with van der Waals surface area (Å²) in [5, 5.41) is 11.3. The van der Waals surface area contributed by atoms with Crippen molar-refractivity contribution >= 4 is 0 Å². The molecule has 1 rings (SSSR count). The summed E-state index contributed by atoms with van der Waals surface area (Å²) in [7, 11) is 0.894. The fourth-order valence-corrected chi connectivity index (χ4v) is 0.792. The van der Waals surface area contributed by atoms with E-state index in [1.165, 1.54) is 0 Å². The fourth-order valence-electron chi connectivity index (χ4n) is 0.792. The topological polar surface area (TPSA) is 38.0 Å². The van der Waals surface area contributed by atoms with Gasteiger partial charge >= 0.3 is 6.18 Å². The Balaban J connectivity index is 3.32. The monoisotopic (exact) mass is 184 g/mol. The summed E-state index contributed by atoms with van der Waals surface area (Å²) in [5.74, 6) is -2.99. The van der Waals surface area contributed by atoms with Crippen molar-refractivity contribution in [2.75, 3.05) is 0 Å². The summed E-state index contributed by atoms with van der Waals surface area (Å²) >= 11 is 0. The van der Waals surface area contributed by atoms with Gasteiger partial charge in [0.05, 0.1) is 0 Å². The smallest absolute Gasteiger partial charge is 0.436 e. The second-order valence-corrected chi connectivity index (χ2v) is 2.11. The molecule has 0 saturated carbocycles. The number of aromatic nitrogens is 2. The van der Waals surface area contributed by atoms with Crippen LogP contribution < -0.4 is 0 Å². The zero-order chi connectivity index (χ0) is 9.52. The molecule has 12 heavy (non-hydrogen) atoms. The van der Waals surface area contributed by atoms with E-state index in [1.807, 2.05) is 0 Å². The molecule has 0 bridgehead atoms. The molecule has 0 fully saturated rings. The van der Waals surface area contributed by atoms with Crippen LogP contribution in [0.3, 0.4) is 0 Å². The first-order chi connectivity index (χ1) is 5.34. The lowest BCUT2D eigenvalue weighted by molar-refractivity contribution is -0.146. The molecular formula is C5H4F4N2O. The number of aromatic hydroxyl groups is 1. The molecule has 0 aromatic carbocycles. The van der Waals surface area contributed by atoms with Gasteiger partial charge in [0.1, 0.15) is 0 Å². The predicted octanol–water partition coefficient (Wildman–Crippen LogP) is 1.28. The number of nitrogens with zero attached hydrogens (tertiary/aromatic N) is 2. The molecule has 0 spiro atoms. The van der Waals surface area contributed by atoms with E-state index in [2.05, 4.69) is 5.10 Å². The lowest BCUT2D eigenvalue weighted by atomic mass is 10.4. The first kappa shape index (κ1) is 8.82. The van der Waals surface area contributed by atoms with E-state index < -0.39 is 23.6 Å². The van der Waals surface area contributed by atoms with Crippen molar-refractivity contribution in [1.29, 1.82) is 0 Å². The molecule has 1 heterocycles. The van der Waals surface area contributed by atoms with Gasteiger partial charge in [0.15, 0.2) is 5.69 Å². The van der Waals surface area contributed by atoms with Crippen LogP contribution in [-0.4, -0.2) is 14.9 Å². The second-order valence-electron chi connectivity index (χ2n) is 2.11. The SMILES string of the molecule is Cn1nc(O)c(F)c1C(F)(F)F. The maximum Gasteiger partial charge on any atom is 0.436 e. The van der Waals surface area contributed by atoms with E-state index in [4.69, 9.17) is 5.11 Å². The molecule has 0 radical (unpaired) electrons. The molecule has 0 amide bonds. The zero-order valence-corrected chi connectivity index (χ0v) is 5.85. The van der Waals surface area contributed by atoms with Crippen LogP contribution in [0, 0.1) is 5.82 Å². The number of aryl methyl sites for hydroxylation is 1. The third kappa shape index (κ3) is 1.21. The van der Waals surface area contributed by atoms with Gasteiger partial charge in [-0.2, -0.15) is 17.6 Å². The summed E-state index contributed by atoms with van der Waals surface area (Å²) in [5.41, 5.74) is -1.58. The van der Waals surface area contributed by atoms with Gasteiger partial charge in [-0.05, 0) is 0 Å². The molecule has 1 N–H and O–H groups in total. The van der Waals surface area contributed by atoms with Crippen molar-refractivity contribution in [3.05, 3.63) is 11.5 Å². The lowest BCUT2D eigenvalue weighted by Crippen LogP contribution is -2.13. The molecule has 0 saturated heterocycles. The fraction of sp³-hybridized carbons (Fsp3) is 0.400.